The summed E-state index contributed by atoms with van der Waals surface area (Å²) in [6.07, 6.45) is 2.67. The molecule has 2 aromatic heterocycles. The lowest BCUT2D eigenvalue weighted by molar-refractivity contribution is -0.120. The molecule has 13 heteroatoms. The first-order valence-electron chi connectivity index (χ1n) is 16.2. The summed E-state index contributed by atoms with van der Waals surface area (Å²) < 4.78 is 61.3. The van der Waals surface area contributed by atoms with E-state index in [-0.39, 0.29) is 71.9 Å². The van der Waals surface area contributed by atoms with Gasteiger partial charge in [-0.15, -0.1) is 5.10 Å². The molecule has 2 aliphatic heterocycles. The van der Waals surface area contributed by atoms with Crippen molar-refractivity contribution >= 4 is 36.7 Å². The standard InChI is InChI=1S/C34H41N5O6S2/c1-5-28-20-38(47(43,44)32-8-7-14-35-34(32)45-28)19-26-17-25(10-9-22(26)3)30(18-27(40)16-24-13-15-46(41,42)21-24)29-11-12-31-33(23(29)4)36-37-39(31)6-2/h7-12,14,17,24,28,30H,5-6,13,15-16,18-21H2,1-4H3/t24?,28-,30+/m1/s1. The Morgan fingerprint density at radius 3 is 2.62 bits per heavy atom. The molecule has 4 aromatic rings. The lowest BCUT2D eigenvalue weighted by atomic mass is 9.82. The van der Waals surface area contributed by atoms with Crippen LogP contribution in [0.4, 0.5) is 0 Å². The summed E-state index contributed by atoms with van der Waals surface area (Å²) in [5.74, 6) is -0.232. The van der Waals surface area contributed by atoms with Gasteiger partial charge in [-0.25, -0.2) is 26.5 Å². The molecule has 1 fully saturated rings. The number of hydrogen-bond donors (Lipinski definition) is 0. The molecule has 0 bridgehead atoms. The highest BCUT2D eigenvalue weighted by Gasteiger charge is 2.36. The number of sulfonamides is 1. The lowest BCUT2D eigenvalue weighted by Gasteiger charge is -2.25. The summed E-state index contributed by atoms with van der Waals surface area (Å²) >= 11 is 0. The Morgan fingerprint density at radius 1 is 1.09 bits per heavy atom. The van der Waals surface area contributed by atoms with Gasteiger partial charge in [-0.3, -0.25) is 4.79 Å². The van der Waals surface area contributed by atoms with Gasteiger partial charge in [-0.05, 0) is 85.5 Å². The number of ketones is 1. The molecule has 2 aromatic carbocycles. The summed E-state index contributed by atoms with van der Waals surface area (Å²) in [6.45, 7) is 8.87. The zero-order valence-electron chi connectivity index (χ0n) is 27.2. The molecule has 0 radical (unpaired) electrons. The van der Waals surface area contributed by atoms with Crippen molar-refractivity contribution in [3.63, 3.8) is 0 Å². The van der Waals surface area contributed by atoms with Crippen LogP contribution in [0.15, 0.2) is 53.6 Å². The molecule has 6 rings (SSSR count). The minimum Gasteiger partial charge on any atom is -0.472 e. The van der Waals surface area contributed by atoms with Crippen LogP contribution in [0.5, 0.6) is 5.88 Å². The molecule has 0 amide bonds. The predicted molar refractivity (Wildman–Crippen MR) is 179 cm³/mol. The molecule has 250 valence electrons. The highest BCUT2D eigenvalue weighted by molar-refractivity contribution is 7.91. The van der Waals surface area contributed by atoms with E-state index in [2.05, 4.69) is 15.3 Å². The average molecular weight is 680 g/mol. The number of aryl methyl sites for hydroxylation is 3. The molecule has 2 aliphatic rings. The Bertz CT molecular complexity index is 2040. The third-order valence-electron chi connectivity index (χ3n) is 9.55. The molecular formula is C34H41N5O6S2. The van der Waals surface area contributed by atoms with Crippen LogP contribution in [0.25, 0.3) is 11.0 Å². The van der Waals surface area contributed by atoms with Crippen LogP contribution in [-0.4, -0.2) is 71.1 Å². The molecule has 0 N–H and O–H groups in total. The fourth-order valence-corrected chi connectivity index (χ4v) is 10.2. The number of rotatable bonds is 10. The summed E-state index contributed by atoms with van der Waals surface area (Å²) in [4.78, 5) is 17.9. The topological polar surface area (TPSA) is 141 Å². The molecule has 1 unspecified atom stereocenters. The van der Waals surface area contributed by atoms with Gasteiger partial charge in [0.05, 0.1) is 23.6 Å². The van der Waals surface area contributed by atoms with Gasteiger partial charge in [-0.2, -0.15) is 4.31 Å². The van der Waals surface area contributed by atoms with E-state index >= 15 is 0 Å². The second-order valence-electron chi connectivity index (χ2n) is 12.8. The zero-order chi connectivity index (χ0) is 33.5. The number of sulfone groups is 1. The Balaban J connectivity index is 1.38. The Labute approximate surface area is 276 Å². The first-order valence-corrected chi connectivity index (χ1v) is 19.4. The van der Waals surface area contributed by atoms with E-state index in [0.717, 1.165) is 38.9 Å². The number of carbonyl (C=O) groups is 1. The molecule has 4 heterocycles. The van der Waals surface area contributed by atoms with Crippen LogP contribution in [0.3, 0.4) is 0 Å². The van der Waals surface area contributed by atoms with Crippen LogP contribution in [0.2, 0.25) is 0 Å². The number of benzene rings is 2. The molecule has 0 saturated carbocycles. The molecule has 1 saturated heterocycles. The first kappa shape index (κ1) is 33.2. The van der Waals surface area contributed by atoms with E-state index in [4.69, 9.17) is 4.74 Å². The van der Waals surface area contributed by atoms with E-state index in [0.29, 0.717) is 19.4 Å². The van der Waals surface area contributed by atoms with Gasteiger partial charge in [0.1, 0.15) is 22.3 Å². The molecule has 0 aliphatic carbocycles. The zero-order valence-corrected chi connectivity index (χ0v) is 28.8. The molecule has 0 spiro atoms. The fourth-order valence-electron chi connectivity index (χ4n) is 6.82. The molecule has 47 heavy (non-hydrogen) atoms. The minimum atomic E-state index is -3.91. The smallest absolute Gasteiger partial charge is 0.248 e. The van der Waals surface area contributed by atoms with Crippen LogP contribution in [0.1, 0.15) is 73.3 Å². The van der Waals surface area contributed by atoms with E-state index in [1.54, 1.807) is 6.07 Å². The second kappa shape index (κ2) is 13.1. The van der Waals surface area contributed by atoms with Gasteiger partial charge < -0.3 is 4.74 Å². The normalized spacial score (nSPS) is 21.2. The van der Waals surface area contributed by atoms with Crippen LogP contribution in [0, 0.1) is 19.8 Å². The largest absolute Gasteiger partial charge is 0.472 e. The third kappa shape index (κ3) is 6.70. The minimum absolute atomic E-state index is 0.00178. The van der Waals surface area contributed by atoms with E-state index in [1.807, 2.05) is 62.7 Å². The van der Waals surface area contributed by atoms with E-state index in [1.165, 1.54) is 16.6 Å². The lowest BCUT2D eigenvalue weighted by Crippen LogP contribution is -2.36. The van der Waals surface area contributed by atoms with Crippen LogP contribution >= 0.6 is 0 Å². The van der Waals surface area contributed by atoms with Crippen molar-refractivity contribution in [1.82, 2.24) is 24.3 Å². The Hall–Kier alpha value is -3.68. The highest BCUT2D eigenvalue weighted by atomic mass is 32.2. The number of Topliss-reactive ketones (excluding diaryl/α,β-unsaturated/α-hetero) is 1. The van der Waals surface area contributed by atoms with Crippen molar-refractivity contribution in [2.75, 3.05) is 18.1 Å². The fraction of sp³-hybridized carbons (Fsp3) is 0.471. The number of hydrogen-bond acceptors (Lipinski definition) is 9. The maximum atomic E-state index is 13.9. The van der Waals surface area contributed by atoms with Crippen molar-refractivity contribution in [3.8, 4) is 5.88 Å². The number of nitrogens with zero attached hydrogens (tertiary/aromatic N) is 5. The Kier molecular flexibility index (Phi) is 9.25. The predicted octanol–water partition coefficient (Wildman–Crippen LogP) is 4.74. The number of ether oxygens (including phenoxy) is 1. The van der Waals surface area contributed by atoms with Gasteiger partial charge >= 0.3 is 0 Å². The van der Waals surface area contributed by atoms with Crippen LogP contribution < -0.4 is 4.74 Å². The van der Waals surface area contributed by atoms with Crippen molar-refractivity contribution < 1.29 is 26.4 Å². The Morgan fingerprint density at radius 2 is 1.89 bits per heavy atom. The molecule has 3 atom stereocenters. The van der Waals surface area contributed by atoms with Crippen molar-refractivity contribution in [2.24, 2.45) is 5.92 Å². The molecular weight excluding hydrogens is 639 g/mol. The monoisotopic (exact) mass is 679 g/mol. The van der Waals surface area contributed by atoms with Gasteiger partial charge in [0.2, 0.25) is 15.9 Å². The maximum absolute atomic E-state index is 13.9. The number of fused-ring (bicyclic) bond motifs is 2. The molecule has 11 nitrogen and oxygen atoms in total. The van der Waals surface area contributed by atoms with Gasteiger partial charge in [0, 0.05) is 38.0 Å². The summed E-state index contributed by atoms with van der Waals surface area (Å²) in [6, 6.07) is 13.1. The summed E-state index contributed by atoms with van der Waals surface area (Å²) in [7, 11) is -7.01. The van der Waals surface area contributed by atoms with Crippen molar-refractivity contribution in [3.05, 3.63) is 76.5 Å². The quantitative estimate of drug-likeness (QED) is 0.232. The third-order valence-corrected chi connectivity index (χ3v) is 13.2. The van der Waals surface area contributed by atoms with E-state index < -0.39 is 19.9 Å². The van der Waals surface area contributed by atoms with Crippen LogP contribution in [-0.2, 0) is 37.7 Å². The number of aromatic nitrogens is 4. The first-order chi connectivity index (χ1) is 22.4. The highest BCUT2D eigenvalue weighted by Crippen LogP contribution is 2.37. The number of carbonyl (C=O) groups excluding carboxylic acids is 1. The van der Waals surface area contributed by atoms with Gasteiger partial charge in [0.25, 0.3) is 0 Å². The SMILES string of the molecule is CC[C@@H]1CN(Cc2cc([C@H](CC(=O)CC3CCS(=O)(=O)C3)c3ccc4c(nnn4CC)c3C)ccc2C)S(=O)(=O)c2cccnc2O1. The van der Waals surface area contributed by atoms with Crippen molar-refractivity contribution in [2.45, 2.75) is 83.4 Å². The second-order valence-corrected chi connectivity index (χ2v) is 16.9. The number of pyridine rings is 1. The summed E-state index contributed by atoms with van der Waals surface area (Å²) in [5.41, 5.74) is 6.16. The van der Waals surface area contributed by atoms with Gasteiger partial charge in [0.15, 0.2) is 9.84 Å². The summed E-state index contributed by atoms with van der Waals surface area (Å²) in [5, 5.41) is 8.74. The van der Waals surface area contributed by atoms with E-state index in [9.17, 15) is 21.6 Å². The van der Waals surface area contributed by atoms with Crippen molar-refractivity contribution in [1.29, 1.82) is 0 Å². The average Bonchev–Trinajstić information content (AvgIpc) is 3.59. The maximum Gasteiger partial charge on any atom is 0.248 e. The van der Waals surface area contributed by atoms with Gasteiger partial charge in [-0.1, -0.05) is 36.4 Å².